The Hall–Kier alpha value is -3.23. The molecular weight excluding hydrogens is 595 g/mol. The van der Waals surface area contributed by atoms with E-state index >= 15 is 0 Å². The van der Waals surface area contributed by atoms with E-state index in [1.807, 2.05) is 0 Å². The molecule has 0 bridgehead atoms. The van der Waals surface area contributed by atoms with Crippen molar-refractivity contribution in [3.8, 4) is 16.3 Å². The molecule has 2 fully saturated rings. The molecule has 1 atom stereocenters. The lowest BCUT2D eigenvalue weighted by Gasteiger charge is -2.32. The number of carbonyl (C=O) groups excluding carboxylic acids is 1. The summed E-state index contributed by atoms with van der Waals surface area (Å²) in [5.41, 5.74) is 0.519. The largest absolute Gasteiger partial charge is 0.481 e. The number of benzene rings is 2. The van der Waals surface area contributed by atoms with E-state index in [2.05, 4.69) is 10.3 Å². The van der Waals surface area contributed by atoms with Crippen LogP contribution in [0, 0.1) is 5.92 Å². The van der Waals surface area contributed by atoms with E-state index < -0.39 is 40.0 Å². The summed E-state index contributed by atoms with van der Waals surface area (Å²) in [5.74, 6) is -1.65. The molecule has 1 unspecified atom stereocenters. The lowest BCUT2D eigenvalue weighted by Crippen LogP contribution is -2.46. The summed E-state index contributed by atoms with van der Waals surface area (Å²) in [5, 5.41) is 12.7. The van der Waals surface area contributed by atoms with Gasteiger partial charge in [-0.15, -0.1) is 11.3 Å². The molecule has 0 radical (unpaired) electrons. The van der Waals surface area contributed by atoms with Gasteiger partial charge in [0.05, 0.1) is 15.7 Å². The van der Waals surface area contributed by atoms with Crippen molar-refractivity contribution in [2.24, 2.45) is 5.92 Å². The number of alkyl halides is 3. The fourth-order valence-electron chi connectivity index (χ4n) is 5.25. The van der Waals surface area contributed by atoms with Gasteiger partial charge in [0.15, 0.2) is 5.01 Å². The van der Waals surface area contributed by atoms with Crippen LogP contribution in [0.1, 0.15) is 61.7 Å². The fraction of sp³-hybridized carbons (Fsp3) is 0.464. The van der Waals surface area contributed by atoms with Gasteiger partial charge in [0.1, 0.15) is 12.1 Å². The second-order valence-electron chi connectivity index (χ2n) is 10.7. The third-order valence-electron chi connectivity index (χ3n) is 7.68. The summed E-state index contributed by atoms with van der Waals surface area (Å²) in [7, 11) is -4.55. The number of aromatic nitrogens is 1. The molecule has 3 aromatic rings. The van der Waals surface area contributed by atoms with Crippen molar-refractivity contribution in [3.63, 3.8) is 0 Å². The minimum absolute atomic E-state index is 0.107. The molecule has 2 aliphatic carbocycles. The fourth-order valence-corrected chi connectivity index (χ4v) is 7.63. The molecular formula is C28H30F3N3O6S2. The second kappa shape index (κ2) is 11.8. The first-order chi connectivity index (χ1) is 19.8. The average molecular weight is 626 g/mol. The van der Waals surface area contributed by atoms with Crippen LogP contribution < -0.4 is 14.8 Å². The predicted octanol–water partition coefficient (Wildman–Crippen LogP) is 5.50. The summed E-state index contributed by atoms with van der Waals surface area (Å²) in [6, 6.07) is 6.59. The Labute approximate surface area is 244 Å². The molecule has 5 rings (SSSR count). The molecule has 14 heteroatoms. The monoisotopic (exact) mass is 625 g/mol. The van der Waals surface area contributed by atoms with Crippen LogP contribution in [0.5, 0.6) is 5.88 Å². The number of carbonyl (C=O) groups is 2. The minimum atomic E-state index is -4.76. The zero-order valence-electron chi connectivity index (χ0n) is 22.6. The van der Waals surface area contributed by atoms with Crippen LogP contribution in [0.3, 0.4) is 0 Å². The third kappa shape index (κ3) is 6.40. The van der Waals surface area contributed by atoms with Gasteiger partial charge < -0.3 is 15.2 Å². The van der Waals surface area contributed by atoms with Crippen LogP contribution in [-0.2, 0) is 14.8 Å². The molecule has 3 N–H and O–H groups in total. The number of hydrogen-bond donors (Lipinski definition) is 3. The molecule has 0 aliphatic heterocycles. The Kier molecular flexibility index (Phi) is 8.50. The maximum atomic E-state index is 13.2. The number of nitrogens with zero attached hydrogens (tertiary/aromatic N) is 1. The number of thiazole rings is 1. The Morgan fingerprint density at radius 2 is 1.74 bits per heavy atom. The van der Waals surface area contributed by atoms with Crippen molar-refractivity contribution in [2.75, 3.05) is 0 Å². The number of carboxylic acids is 1. The topological polar surface area (TPSA) is 135 Å². The number of hydrogen-bond acceptors (Lipinski definition) is 7. The lowest BCUT2D eigenvalue weighted by atomic mass is 9.80. The summed E-state index contributed by atoms with van der Waals surface area (Å²) < 4.78 is 73.5. The van der Waals surface area contributed by atoms with Crippen molar-refractivity contribution in [1.29, 1.82) is 0 Å². The van der Waals surface area contributed by atoms with Gasteiger partial charge in [-0.1, -0.05) is 36.8 Å². The zero-order valence-corrected chi connectivity index (χ0v) is 24.2. The van der Waals surface area contributed by atoms with Gasteiger partial charge in [0.2, 0.25) is 15.9 Å². The van der Waals surface area contributed by atoms with E-state index in [-0.39, 0.29) is 33.3 Å². The van der Waals surface area contributed by atoms with Crippen molar-refractivity contribution >= 4 is 44.0 Å². The number of carboxylic acid groups (broad SMARTS) is 1. The van der Waals surface area contributed by atoms with Gasteiger partial charge in [-0.25, -0.2) is 8.42 Å². The van der Waals surface area contributed by atoms with Crippen molar-refractivity contribution in [3.05, 3.63) is 41.4 Å². The highest BCUT2D eigenvalue weighted by molar-refractivity contribution is 7.89. The maximum absolute atomic E-state index is 13.2. The Morgan fingerprint density at radius 1 is 1.07 bits per heavy atom. The number of amides is 1. The first-order valence-electron chi connectivity index (χ1n) is 13.7. The molecule has 1 amide bonds. The molecule has 1 heterocycles. The summed E-state index contributed by atoms with van der Waals surface area (Å²) in [6.07, 6.45) is 0.484. The molecule has 226 valence electrons. The van der Waals surface area contributed by atoms with Crippen molar-refractivity contribution < 1.29 is 41.0 Å². The van der Waals surface area contributed by atoms with E-state index in [0.717, 1.165) is 50.4 Å². The highest BCUT2D eigenvalue weighted by Gasteiger charge is 2.39. The van der Waals surface area contributed by atoms with Gasteiger partial charge in [-0.2, -0.15) is 22.9 Å². The van der Waals surface area contributed by atoms with Crippen molar-refractivity contribution in [1.82, 2.24) is 15.0 Å². The first-order valence-corrected chi connectivity index (χ1v) is 16.0. The van der Waals surface area contributed by atoms with Crippen molar-refractivity contribution in [2.45, 2.75) is 81.1 Å². The smallest absolute Gasteiger partial charge is 0.404 e. The maximum Gasteiger partial charge on any atom is 0.404 e. The quantitative estimate of drug-likeness (QED) is 0.286. The van der Waals surface area contributed by atoms with Crippen LogP contribution in [0.15, 0.2) is 41.3 Å². The highest BCUT2D eigenvalue weighted by atomic mass is 32.2. The molecule has 2 aliphatic rings. The standard InChI is InChI=1S/C28H30F3N3O6S2/c1-15(28(29,30)31)34-42(38,39)22-12-11-21(19-9-5-6-10-20(19)22)23-25(40-18-7-3-2-4-8-18)33-26(41-23)24(35)32-17-13-16(14-17)27(36)37/h5-6,9-12,15-18,34H,2-4,7-8,13-14H2,1H3,(H,32,35)(H,36,37). The molecule has 9 nitrogen and oxygen atoms in total. The number of nitrogens with one attached hydrogen (secondary N) is 2. The summed E-state index contributed by atoms with van der Waals surface area (Å²) >= 11 is 1.06. The Bertz CT molecular complexity index is 1600. The number of rotatable bonds is 9. The average Bonchev–Trinajstić information content (AvgIpc) is 3.32. The number of aliphatic carboxylic acids is 1. The van der Waals surface area contributed by atoms with Crippen LogP contribution >= 0.6 is 11.3 Å². The SMILES string of the molecule is CC(NS(=O)(=O)c1ccc(-c2sc(C(=O)NC3CC(C(=O)O)C3)nc2OC2CCCCC2)c2ccccc12)C(F)(F)F. The predicted molar refractivity (Wildman–Crippen MR) is 150 cm³/mol. The third-order valence-corrected chi connectivity index (χ3v) is 10.4. The first kappa shape index (κ1) is 30.2. The molecule has 2 aromatic carbocycles. The molecule has 42 heavy (non-hydrogen) atoms. The minimum Gasteiger partial charge on any atom is -0.481 e. The van der Waals surface area contributed by atoms with Crippen LogP contribution in [0.25, 0.3) is 21.2 Å². The molecule has 0 saturated heterocycles. The Balaban J connectivity index is 1.52. The van der Waals surface area contributed by atoms with E-state index in [1.54, 1.807) is 22.9 Å². The zero-order chi connectivity index (χ0) is 30.2. The number of halogens is 3. The van der Waals surface area contributed by atoms with Crippen LogP contribution in [0.2, 0.25) is 0 Å². The number of ether oxygens (including phenoxy) is 1. The summed E-state index contributed by atoms with van der Waals surface area (Å²) in [4.78, 5) is 28.9. The van der Waals surface area contributed by atoms with Gasteiger partial charge in [0, 0.05) is 17.0 Å². The molecule has 2 saturated carbocycles. The van der Waals surface area contributed by atoms with Gasteiger partial charge >= 0.3 is 12.1 Å². The molecule has 0 spiro atoms. The van der Waals surface area contributed by atoms with Gasteiger partial charge in [-0.3, -0.25) is 9.59 Å². The van der Waals surface area contributed by atoms with Gasteiger partial charge in [-0.05, 0) is 56.9 Å². The number of sulfonamides is 1. The van der Waals surface area contributed by atoms with E-state index in [0.29, 0.717) is 28.7 Å². The number of fused-ring (bicyclic) bond motifs is 1. The highest BCUT2D eigenvalue weighted by Crippen LogP contribution is 2.42. The summed E-state index contributed by atoms with van der Waals surface area (Å²) in [6.45, 7) is 0.734. The second-order valence-corrected chi connectivity index (χ2v) is 13.4. The van der Waals surface area contributed by atoms with E-state index in [9.17, 15) is 31.2 Å². The lowest BCUT2D eigenvalue weighted by molar-refractivity contribution is -0.147. The van der Waals surface area contributed by atoms with Crippen LogP contribution in [-0.4, -0.2) is 54.7 Å². The normalized spacial score (nSPS) is 20.6. The van der Waals surface area contributed by atoms with Gasteiger partial charge in [0.25, 0.3) is 5.91 Å². The van der Waals surface area contributed by atoms with Crippen LogP contribution in [0.4, 0.5) is 13.2 Å². The molecule has 1 aromatic heterocycles. The Morgan fingerprint density at radius 3 is 2.38 bits per heavy atom. The van der Waals surface area contributed by atoms with E-state index in [1.165, 1.54) is 18.2 Å². The van der Waals surface area contributed by atoms with E-state index in [4.69, 9.17) is 9.84 Å².